The van der Waals surface area contributed by atoms with Crippen molar-refractivity contribution in [3.8, 4) is 0 Å². The van der Waals surface area contributed by atoms with Gasteiger partial charge in [0.25, 0.3) is 5.56 Å². The average molecular weight is 232 g/mol. The van der Waals surface area contributed by atoms with Crippen LogP contribution >= 0.6 is 11.3 Å². The van der Waals surface area contributed by atoms with Gasteiger partial charge in [0.2, 0.25) is 0 Å². The lowest BCUT2D eigenvalue weighted by Gasteiger charge is -1.90. The maximum absolute atomic E-state index is 11.4. The summed E-state index contributed by atoms with van der Waals surface area (Å²) in [6.07, 6.45) is 2.06. The van der Waals surface area contributed by atoms with E-state index in [2.05, 4.69) is 19.9 Å². The second kappa shape index (κ2) is 3.57. The Bertz CT molecular complexity index is 668. The van der Waals surface area contributed by atoms with Crippen molar-refractivity contribution in [2.24, 2.45) is 0 Å². The minimum Gasteiger partial charge on any atom is -0.336 e. The molecule has 0 unspecified atom stereocenters. The van der Waals surface area contributed by atoms with E-state index in [1.807, 2.05) is 17.5 Å². The van der Waals surface area contributed by atoms with E-state index in [1.54, 1.807) is 11.3 Å². The Balaban J connectivity index is 2.06. The molecule has 6 heteroatoms. The van der Waals surface area contributed by atoms with Crippen LogP contribution in [0, 0.1) is 0 Å². The van der Waals surface area contributed by atoms with E-state index in [-0.39, 0.29) is 5.56 Å². The molecule has 0 atom stereocenters. The van der Waals surface area contributed by atoms with Gasteiger partial charge in [-0.25, -0.2) is 9.97 Å². The van der Waals surface area contributed by atoms with E-state index in [9.17, 15) is 4.79 Å². The predicted molar refractivity (Wildman–Crippen MR) is 61.6 cm³/mol. The Morgan fingerprint density at radius 2 is 2.38 bits per heavy atom. The minimum absolute atomic E-state index is 0.185. The van der Waals surface area contributed by atoms with Crippen molar-refractivity contribution in [2.45, 2.75) is 6.42 Å². The molecule has 0 saturated heterocycles. The average Bonchev–Trinajstić information content (AvgIpc) is 2.88. The number of rotatable bonds is 2. The molecule has 0 aliphatic rings. The Morgan fingerprint density at radius 1 is 1.44 bits per heavy atom. The molecule has 16 heavy (non-hydrogen) atoms. The van der Waals surface area contributed by atoms with Crippen LogP contribution < -0.4 is 5.56 Å². The van der Waals surface area contributed by atoms with Crippen molar-refractivity contribution in [1.29, 1.82) is 0 Å². The third-order valence-electron chi connectivity index (χ3n) is 2.27. The van der Waals surface area contributed by atoms with Gasteiger partial charge in [-0.2, -0.15) is 0 Å². The van der Waals surface area contributed by atoms with Gasteiger partial charge >= 0.3 is 0 Å². The van der Waals surface area contributed by atoms with E-state index in [0.717, 1.165) is 5.82 Å². The summed E-state index contributed by atoms with van der Waals surface area (Å²) < 4.78 is 0. The number of aromatic nitrogens is 4. The Kier molecular flexibility index (Phi) is 2.07. The van der Waals surface area contributed by atoms with E-state index < -0.39 is 0 Å². The molecular weight excluding hydrogens is 224 g/mol. The smallest absolute Gasteiger partial charge is 0.276 e. The highest BCUT2D eigenvalue weighted by atomic mass is 32.1. The monoisotopic (exact) mass is 232 g/mol. The van der Waals surface area contributed by atoms with Gasteiger partial charge in [-0.3, -0.25) is 4.79 Å². The molecule has 0 fully saturated rings. The molecule has 0 aliphatic carbocycles. The first-order chi connectivity index (χ1) is 7.83. The molecule has 80 valence electrons. The molecular formula is C10H8N4OS. The van der Waals surface area contributed by atoms with E-state index in [1.165, 1.54) is 11.2 Å². The van der Waals surface area contributed by atoms with Crippen LogP contribution in [0.4, 0.5) is 0 Å². The normalized spacial score (nSPS) is 11.0. The number of aromatic amines is 2. The minimum atomic E-state index is -0.185. The zero-order valence-electron chi connectivity index (χ0n) is 8.23. The molecule has 5 nitrogen and oxygen atoms in total. The van der Waals surface area contributed by atoms with Crippen LogP contribution in [-0.4, -0.2) is 19.9 Å². The van der Waals surface area contributed by atoms with E-state index in [4.69, 9.17) is 0 Å². The summed E-state index contributed by atoms with van der Waals surface area (Å²) >= 11 is 1.67. The number of hydrogen-bond donors (Lipinski definition) is 2. The van der Waals surface area contributed by atoms with Crippen molar-refractivity contribution in [3.05, 3.63) is 44.9 Å². The summed E-state index contributed by atoms with van der Waals surface area (Å²) in [6, 6.07) is 4.03. The topological polar surface area (TPSA) is 74.4 Å². The first kappa shape index (κ1) is 9.29. The molecule has 0 bridgehead atoms. The van der Waals surface area contributed by atoms with Gasteiger partial charge in [-0.05, 0) is 11.4 Å². The Morgan fingerprint density at radius 3 is 3.12 bits per heavy atom. The van der Waals surface area contributed by atoms with E-state index in [0.29, 0.717) is 17.6 Å². The molecule has 3 aromatic heterocycles. The number of imidazole rings is 1. The third kappa shape index (κ3) is 1.53. The predicted octanol–water partition coefficient (Wildman–Crippen LogP) is 1.30. The van der Waals surface area contributed by atoms with Crippen molar-refractivity contribution in [2.75, 3.05) is 0 Å². The van der Waals surface area contributed by atoms with Crippen molar-refractivity contribution < 1.29 is 0 Å². The van der Waals surface area contributed by atoms with E-state index >= 15 is 0 Å². The molecule has 0 saturated carbocycles. The van der Waals surface area contributed by atoms with Crippen LogP contribution in [0.5, 0.6) is 0 Å². The molecule has 0 aliphatic heterocycles. The molecule has 2 N–H and O–H groups in total. The van der Waals surface area contributed by atoms with Crippen LogP contribution in [0.1, 0.15) is 10.7 Å². The van der Waals surface area contributed by atoms with Gasteiger partial charge in [0.15, 0.2) is 11.2 Å². The summed E-state index contributed by atoms with van der Waals surface area (Å²) in [5.74, 6) is 0.765. The van der Waals surface area contributed by atoms with Crippen LogP contribution in [0.25, 0.3) is 11.2 Å². The number of nitrogens with zero attached hydrogens (tertiary/aromatic N) is 2. The van der Waals surface area contributed by atoms with Gasteiger partial charge < -0.3 is 9.97 Å². The molecule has 3 heterocycles. The largest absolute Gasteiger partial charge is 0.336 e. The number of H-pyrrole nitrogens is 2. The number of thiophene rings is 1. The number of fused-ring (bicyclic) bond motifs is 1. The Labute approximate surface area is 94.2 Å². The zero-order valence-corrected chi connectivity index (χ0v) is 9.04. The second-order valence-corrected chi connectivity index (χ2v) is 4.40. The quantitative estimate of drug-likeness (QED) is 0.699. The Hall–Kier alpha value is -1.95. The summed E-state index contributed by atoms with van der Waals surface area (Å²) in [4.78, 5) is 26.4. The number of hydrogen-bond acceptors (Lipinski definition) is 4. The fraction of sp³-hybridized carbons (Fsp3) is 0.100. The van der Waals surface area contributed by atoms with Crippen LogP contribution in [0.15, 0.2) is 28.6 Å². The first-order valence-electron chi connectivity index (χ1n) is 4.77. The maximum Gasteiger partial charge on any atom is 0.276 e. The van der Waals surface area contributed by atoms with Crippen molar-refractivity contribution in [3.63, 3.8) is 0 Å². The van der Waals surface area contributed by atoms with Crippen LogP contribution in [0.2, 0.25) is 0 Å². The SMILES string of the molecule is O=c1[nH]cnc2nc(Cc3cccs3)[nH]c12. The summed E-state index contributed by atoms with van der Waals surface area (Å²) in [5, 5.41) is 2.02. The van der Waals surface area contributed by atoms with Gasteiger partial charge in [0.1, 0.15) is 5.82 Å². The summed E-state index contributed by atoms with van der Waals surface area (Å²) in [5.41, 5.74) is 0.722. The third-order valence-corrected chi connectivity index (χ3v) is 3.14. The molecule has 0 aromatic carbocycles. The molecule has 3 aromatic rings. The highest BCUT2D eigenvalue weighted by molar-refractivity contribution is 7.09. The standard InChI is InChI=1S/C10H8N4OS/c15-10-8-9(11-5-12-10)14-7(13-8)4-6-2-1-3-16-6/h1-3,5H,4H2,(H2,11,12,13,14,15). The maximum atomic E-state index is 11.4. The number of nitrogens with one attached hydrogen (secondary N) is 2. The fourth-order valence-corrected chi connectivity index (χ4v) is 2.26. The van der Waals surface area contributed by atoms with Gasteiger partial charge in [0, 0.05) is 11.3 Å². The highest BCUT2D eigenvalue weighted by Crippen LogP contribution is 2.13. The lowest BCUT2D eigenvalue weighted by Crippen LogP contribution is -2.05. The van der Waals surface area contributed by atoms with Gasteiger partial charge in [-0.15, -0.1) is 11.3 Å². The zero-order chi connectivity index (χ0) is 11.0. The first-order valence-corrected chi connectivity index (χ1v) is 5.65. The molecule has 3 rings (SSSR count). The fourth-order valence-electron chi connectivity index (χ4n) is 1.55. The highest BCUT2D eigenvalue weighted by Gasteiger charge is 2.07. The molecule has 0 spiro atoms. The van der Waals surface area contributed by atoms with Crippen molar-refractivity contribution >= 4 is 22.5 Å². The second-order valence-electron chi connectivity index (χ2n) is 3.37. The van der Waals surface area contributed by atoms with Crippen LogP contribution in [-0.2, 0) is 6.42 Å². The van der Waals surface area contributed by atoms with Gasteiger partial charge in [0.05, 0.1) is 6.33 Å². The van der Waals surface area contributed by atoms with Gasteiger partial charge in [-0.1, -0.05) is 6.07 Å². The van der Waals surface area contributed by atoms with Crippen molar-refractivity contribution in [1.82, 2.24) is 19.9 Å². The molecule has 0 amide bonds. The lowest BCUT2D eigenvalue weighted by atomic mass is 10.3. The summed E-state index contributed by atoms with van der Waals surface area (Å²) in [6.45, 7) is 0. The molecule has 0 radical (unpaired) electrons. The van der Waals surface area contributed by atoms with Crippen LogP contribution in [0.3, 0.4) is 0 Å². The lowest BCUT2D eigenvalue weighted by molar-refractivity contribution is 1.05. The summed E-state index contributed by atoms with van der Waals surface area (Å²) in [7, 11) is 0.